The maximum Gasteiger partial charge on any atom is 0.264 e. The molecule has 0 bridgehead atoms. The van der Waals surface area contributed by atoms with Crippen LogP contribution >= 0.6 is 0 Å². The first-order chi connectivity index (χ1) is 21.0. The van der Waals surface area contributed by atoms with Crippen LogP contribution in [0.5, 0.6) is 11.5 Å². The number of methoxy groups -OCH3 is 2. The molecule has 1 N–H and O–H groups in total. The minimum absolute atomic E-state index is 0.0586. The lowest BCUT2D eigenvalue weighted by atomic mass is 9.95. The third-order valence-electron chi connectivity index (χ3n) is 8.14. The fourth-order valence-corrected chi connectivity index (χ4v) is 6.82. The van der Waals surface area contributed by atoms with Crippen LogP contribution in [0, 0.1) is 13.8 Å². The number of ether oxygens (including phenoxy) is 2. The van der Waals surface area contributed by atoms with Gasteiger partial charge in [0.2, 0.25) is 11.8 Å². The molecule has 4 rings (SSSR count). The van der Waals surface area contributed by atoms with Gasteiger partial charge in [-0.15, -0.1) is 0 Å². The van der Waals surface area contributed by atoms with Crippen molar-refractivity contribution in [2.45, 2.75) is 76.4 Å². The molecular formula is C34H43N3O6S. The molecule has 3 aromatic rings. The summed E-state index contributed by atoms with van der Waals surface area (Å²) in [6.45, 7) is 5.22. The first kappa shape index (κ1) is 32.9. The fraction of sp³-hybridized carbons (Fsp3) is 0.412. The summed E-state index contributed by atoms with van der Waals surface area (Å²) in [5.74, 6) is -0.118. The third kappa shape index (κ3) is 7.91. The van der Waals surface area contributed by atoms with Crippen LogP contribution in [0.3, 0.4) is 0 Å². The van der Waals surface area contributed by atoms with Crippen molar-refractivity contribution in [1.29, 1.82) is 0 Å². The normalized spacial score (nSPS) is 14.4. The topological polar surface area (TPSA) is 105 Å². The SMILES string of the molecule is COc1ccc(S(=O)(=O)N(CC(=O)N(Cc2ccc(C)cc2)[C@@H](C)C(=O)NC2CCCCC2)c2ccc(C)cc2)cc1OC. The largest absolute Gasteiger partial charge is 0.493 e. The second kappa shape index (κ2) is 14.6. The van der Waals surface area contributed by atoms with Gasteiger partial charge in [0.15, 0.2) is 11.5 Å². The average molecular weight is 622 g/mol. The molecule has 3 aromatic carbocycles. The quantitative estimate of drug-likeness (QED) is 0.291. The van der Waals surface area contributed by atoms with Gasteiger partial charge < -0.3 is 19.7 Å². The molecule has 0 aromatic heterocycles. The van der Waals surface area contributed by atoms with Crippen LogP contribution in [-0.4, -0.2) is 58.0 Å². The number of carbonyl (C=O) groups is 2. The Labute approximate surface area is 261 Å². The van der Waals surface area contributed by atoms with Crippen LogP contribution in [0.1, 0.15) is 55.7 Å². The summed E-state index contributed by atoms with van der Waals surface area (Å²) in [4.78, 5) is 29.1. The molecule has 0 heterocycles. The molecule has 10 heteroatoms. The Kier molecular flexibility index (Phi) is 10.9. The lowest BCUT2D eigenvalue weighted by molar-refractivity contribution is -0.139. The van der Waals surface area contributed by atoms with Gasteiger partial charge in [0, 0.05) is 18.7 Å². The fourth-order valence-electron chi connectivity index (χ4n) is 5.39. The average Bonchev–Trinajstić information content (AvgIpc) is 3.03. The molecule has 9 nitrogen and oxygen atoms in total. The highest BCUT2D eigenvalue weighted by atomic mass is 32.2. The van der Waals surface area contributed by atoms with Crippen LogP contribution in [0.2, 0.25) is 0 Å². The van der Waals surface area contributed by atoms with Crippen molar-refractivity contribution in [2.75, 3.05) is 25.1 Å². The Hall–Kier alpha value is -4.05. The van der Waals surface area contributed by atoms with E-state index in [0.717, 1.165) is 53.1 Å². The zero-order valence-electron chi connectivity index (χ0n) is 26.2. The van der Waals surface area contributed by atoms with Gasteiger partial charge in [-0.3, -0.25) is 13.9 Å². The number of benzene rings is 3. The van der Waals surface area contributed by atoms with Crippen molar-refractivity contribution in [3.63, 3.8) is 0 Å². The van der Waals surface area contributed by atoms with Gasteiger partial charge >= 0.3 is 0 Å². The van der Waals surface area contributed by atoms with Gasteiger partial charge in [0.1, 0.15) is 12.6 Å². The van der Waals surface area contributed by atoms with Crippen molar-refractivity contribution in [3.05, 3.63) is 83.4 Å². The number of anilines is 1. The molecule has 0 radical (unpaired) electrons. The summed E-state index contributed by atoms with van der Waals surface area (Å²) >= 11 is 0. The summed E-state index contributed by atoms with van der Waals surface area (Å²) < 4.78 is 40.1. The monoisotopic (exact) mass is 621 g/mol. The first-order valence-corrected chi connectivity index (χ1v) is 16.4. The van der Waals surface area contributed by atoms with Gasteiger partial charge in [-0.1, -0.05) is 66.8 Å². The summed E-state index contributed by atoms with van der Waals surface area (Å²) in [7, 11) is -1.35. The smallest absolute Gasteiger partial charge is 0.264 e. The van der Waals surface area contributed by atoms with E-state index in [1.54, 1.807) is 31.2 Å². The highest BCUT2D eigenvalue weighted by Gasteiger charge is 2.33. The second-order valence-electron chi connectivity index (χ2n) is 11.4. The zero-order chi connectivity index (χ0) is 31.9. The Balaban J connectivity index is 1.70. The number of hydrogen-bond acceptors (Lipinski definition) is 6. The lowest BCUT2D eigenvalue weighted by Gasteiger charge is -2.33. The molecule has 1 atom stereocenters. The van der Waals surface area contributed by atoms with Gasteiger partial charge in [-0.25, -0.2) is 8.42 Å². The predicted molar refractivity (Wildman–Crippen MR) is 171 cm³/mol. The van der Waals surface area contributed by atoms with Crippen molar-refractivity contribution < 1.29 is 27.5 Å². The van der Waals surface area contributed by atoms with Gasteiger partial charge in [0.05, 0.1) is 24.8 Å². The molecule has 2 amide bonds. The standard InChI is InChI=1S/C34H43N3O6S/c1-24-11-15-27(16-12-24)22-36(26(3)34(39)35-28-9-7-6-8-10-28)33(38)23-37(29-17-13-25(2)14-18-29)44(40,41)30-19-20-31(42-4)32(21-30)43-5/h11-21,26,28H,6-10,22-23H2,1-5H3,(H,35,39)/t26-/m0/s1. The maximum atomic E-state index is 14.2. The number of nitrogens with one attached hydrogen (secondary N) is 1. The van der Waals surface area contributed by atoms with Gasteiger partial charge in [-0.05, 0) is 63.4 Å². The number of carbonyl (C=O) groups excluding carboxylic acids is 2. The van der Waals surface area contributed by atoms with Crippen LogP contribution in [-0.2, 0) is 26.2 Å². The number of amides is 2. The van der Waals surface area contributed by atoms with E-state index in [9.17, 15) is 18.0 Å². The number of aryl methyl sites for hydroxylation is 2. The number of sulfonamides is 1. The first-order valence-electron chi connectivity index (χ1n) is 15.0. The molecule has 0 unspecified atom stereocenters. The van der Waals surface area contributed by atoms with Crippen molar-refractivity contribution >= 4 is 27.5 Å². The Morgan fingerprint density at radius 2 is 1.45 bits per heavy atom. The van der Waals surface area contributed by atoms with Gasteiger partial charge in [-0.2, -0.15) is 0 Å². The highest BCUT2D eigenvalue weighted by Crippen LogP contribution is 2.32. The van der Waals surface area contributed by atoms with E-state index < -0.39 is 28.5 Å². The molecule has 1 fully saturated rings. The van der Waals surface area contributed by atoms with Crippen molar-refractivity contribution in [1.82, 2.24) is 10.2 Å². The summed E-state index contributed by atoms with van der Waals surface area (Å²) in [6, 6.07) is 18.2. The molecule has 0 spiro atoms. The molecule has 0 aliphatic heterocycles. The molecule has 1 aliphatic carbocycles. The van der Waals surface area contributed by atoms with Crippen LogP contribution in [0.25, 0.3) is 0 Å². The Bertz CT molecular complexity index is 1530. The highest BCUT2D eigenvalue weighted by molar-refractivity contribution is 7.92. The van der Waals surface area contributed by atoms with E-state index in [1.165, 1.54) is 37.3 Å². The number of rotatable bonds is 12. The second-order valence-corrected chi connectivity index (χ2v) is 13.3. The minimum atomic E-state index is -4.25. The predicted octanol–water partition coefficient (Wildman–Crippen LogP) is 5.38. The summed E-state index contributed by atoms with van der Waals surface area (Å²) in [5.41, 5.74) is 3.18. The van der Waals surface area contributed by atoms with E-state index in [1.807, 2.05) is 38.1 Å². The van der Waals surface area contributed by atoms with Gasteiger partial charge in [0.25, 0.3) is 10.0 Å². The number of hydrogen-bond donors (Lipinski definition) is 1. The van der Waals surface area contributed by atoms with E-state index >= 15 is 0 Å². The molecule has 44 heavy (non-hydrogen) atoms. The minimum Gasteiger partial charge on any atom is -0.493 e. The van der Waals surface area contributed by atoms with Crippen LogP contribution < -0.4 is 19.1 Å². The molecule has 1 saturated carbocycles. The summed E-state index contributed by atoms with van der Waals surface area (Å²) in [5, 5.41) is 3.13. The molecule has 236 valence electrons. The molecule has 0 saturated heterocycles. The van der Waals surface area contributed by atoms with E-state index in [4.69, 9.17) is 9.47 Å². The molecular weight excluding hydrogens is 578 g/mol. The number of nitrogens with zero attached hydrogens (tertiary/aromatic N) is 2. The zero-order valence-corrected chi connectivity index (χ0v) is 27.0. The van der Waals surface area contributed by atoms with Crippen LogP contribution in [0.4, 0.5) is 5.69 Å². The summed E-state index contributed by atoms with van der Waals surface area (Å²) in [6.07, 6.45) is 5.10. The molecule has 1 aliphatic rings. The van der Waals surface area contributed by atoms with E-state index in [0.29, 0.717) is 11.4 Å². The third-order valence-corrected chi connectivity index (χ3v) is 9.91. The Morgan fingerprint density at radius 3 is 2.05 bits per heavy atom. The van der Waals surface area contributed by atoms with Crippen LogP contribution in [0.15, 0.2) is 71.6 Å². The van der Waals surface area contributed by atoms with E-state index in [-0.39, 0.29) is 29.1 Å². The van der Waals surface area contributed by atoms with E-state index in [2.05, 4.69) is 5.32 Å². The maximum absolute atomic E-state index is 14.2. The lowest BCUT2D eigenvalue weighted by Crippen LogP contribution is -2.53. The van der Waals surface area contributed by atoms with Crippen molar-refractivity contribution in [2.24, 2.45) is 0 Å². The Morgan fingerprint density at radius 1 is 0.864 bits per heavy atom. The van der Waals surface area contributed by atoms with Crippen molar-refractivity contribution in [3.8, 4) is 11.5 Å².